The summed E-state index contributed by atoms with van der Waals surface area (Å²) in [5.41, 5.74) is 2.41. The Hall–Kier alpha value is -4.39. The molecule has 11 heteroatoms. The average molecular weight is 786 g/mol. The number of benzene rings is 4. The molecule has 2 aliphatic heterocycles. The molecular weight excluding hydrogens is 727 g/mol. The van der Waals surface area contributed by atoms with Gasteiger partial charge in [0.1, 0.15) is 29.0 Å². The SMILES string of the molecule is COc1ccccc1COCCCOc1ccc([C@H]2[C@@H](COC[C@H]3COC(C)(C)O3)CN(C(=O)OC(C)(C)C)C[C@@H]2OCc2cc(OC)c3ccccc3c2)cc1. The number of hydrogen-bond acceptors (Lipinski definition) is 10. The largest absolute Gasteiger partial charge is 0.496 e. The van der Waals surface area contributed by atoms with Gasteiger partial charge in [-0.3, -0.25) is 0 Å². The van der Waals surface area contributed by atoms with Gasteiger partial charge >= 0.3 is 6.09 Å². The summed E-state index contributed by atoms with van der Waals surface area (Å²) in [7, 11) is 3.35. The molecule has 4 aromatic carbocycles. The molecule has 11 nitrogen and oxygen atoms in total. The minimum absolute atomic E-state index is 0.111. The third kappa shape index (κ3) is 11.8. The van der Waals surface area contributed by atoms with Crippen LogP contribution < -0.4 is 14.2 Å². The van der Waals surface area contributed by atoms with E-state index in [0.717, 1.165) is 51.1 Å². The highest BCUT2D eigenvalue weighted by atomic mass is 16.7. The predicted molar refractivity (Wildman–Crippen MR) is 218 cm³/mol. The smallest absolute Gasteiger partial charge is 0.410 e. The molecule has 0 spiro atoms. The van der Waals surface area contributed by atoms with Crippen molar-refractivity contribution in [2.24, 2.45) is 5.92 Å². The second-order valence-electron chi connectivity index (χ2n) is 16.2. The maximum absolute atomic E-state index is 13.6. The van der Waals surface area contributed by atoms with Crippen molar-refractivity contribution in [2.75, 3.05) is 60.3 Å². The Labute approximate surface area is 337 Å². The Morgan fingerprint density at radius 1 is 0.842 bits per heavy atom. The lowest BCUT2D eigenvalue weighted by Gasteiger charge is -2.44. The molecule has 0 aliphatic carbocycles. The standard InChI is InChI=1S/C46H59NO10/c1-45(2,3)57-44(48)47-25-36(29-52-30-38-31-55-46(4,5)56-38)43(42(26-47)54-27-32-23-34-13-8-10-15-39(34)41(24-32)50-7)33-17-19-37(20-18-33)53-22-12-21-51-28-35-14-9-11-16-40(35)49-6/h8-11,13-20,23-24,36,38,42-43H,12,21-22,25-31H2,1-7H3/t36-,38+,42+,43+/m1/s1. The van der Waals surface area contributed by atoms with Crippen molar-refractivity contribution in [2.45, 2.75) is 83.8 Å². The van der Waals surface area contributed by atoms with Crippen molar-refractivity contribution in [3.63, 3.8) is 0 Å². The van der Waals surface area contributed by atoms with Gasteiger partial charge in [-0.2, -0.15) is 0 Å². The first kappa shape index (κ1) is 42.2. The molecule has 57 heavy (non-hydrogen) atoms. The molecule has 4 aromatic rings. The number of likely N-dealkylation sites (tertiary alicyclic amines) is 1. The zero-order valence-corrected chi connectivity index (χ0v) is 34.5. The summed E-state index contributed by atoms with van der Waals surface area (Å²) in [6.07, 6.45) is -0.199. The zero-order valence-electron chi connectivity index (χ0n) is 34.5. The summed E-state index contributed by atoms with van der Waals surface area (Å²) in [4.78, 5) is 15.4. The van der Waals surface area contributed by atoms with Gasteiger partial charge < -0.3 is 47.5 Å². The molecule has 4 atom stereocenters. The highest BCUT2D eigenvalue weighted by molar-refractivity contribution is 5.89. The first-order valence-corrected chi connectivity index (χ1v) is 19.9. The third-order valence-corrected chi connectivity index (χ3v) is 10.1. The van der Waals surface area contributed by atoms with Gasteiger partial charge in [0, 0.05) is 35.8 Å². The fourth-order valence-electron chi connectivity index (χ4n) is 7.51. The van der Waals surface area contributed by atoms with E-state index in [2.05, 4.69) is 24.3 Å². The Morgan fingerprint density at radius 2 is 1.60 bits per heavy atom. The van der Waals surface area contributed by atoms with Gasteiger partial charge in [0.25, 0.3) is 0 Å². The number of ether oxygens (including phenoxy) is 9. The van der Waals surface area contributed by atoms with Crippen molar-refractivity contribution < 1.29 is 47.4 Å². The monoisotopic (exact) mass is 785 g/mol. The molecule has 2 aliphatic rings. The number of nitrogens with zero attached hydrogens (tertiary/aromatic N) is 1. The van der Waals surface area contributed by atoms with Gasteiger partial charge in [-0.05, 0) is 81.5 Å². The molecular formula is C46H59NO10. The van der Waals surface area contributed by atoms with Gasteiger partial charge in [-0.15, -0.1) is 0 Å². The quantitative estimate of drug-likeness (QED) is 0.0968. The number of para-hydroxylation sites is 1. The van der Waals surface area contributed by atoms with Gasteiger partial charge in [0.05, 0.1) is 73.1 Å². The van der Waals surface area contributed by atoms with Crippen molar-refractivity contribution in [1.29, 1.82) is 0 Å². The first-order chi connectivity index (χ1) is 27.4. The average Bonchev–Trinajstić information content (AvgIpc) is 3.55. The van der Waals surface area contributed by atoms with Gasteiger partial charge in [-0.25, -0.2) is 4.79 Å². The van der Waals surface area contributed by atoms with Gasteiger partial charge in [0.2, 0.25) is 0 Å². The van der Waals surface area contributed by atoms with Crippen molar-refractivity contribution in [3.05, 3.63) is 102 Å². The van der Waals surface area contributed by atoms with Crippen LogP contribution >= 0.6 is 0 Å². The first-order valence-electron chi connectivity index (χ1n) is 19.9. The number of carbonyl (C=O) groups is 1. The molecule has 1 amide bonds. The second kappa shape index (κ2) is 19.4. The molecule has 0 bridgehead atoms. The topological polar surface area (TPSA) is 103 Å². The van der Waals surface area contributed by atoms with E-state index in [1.807, 2.05) is 95.3 Å². The van der Waals surface area contributed by atoms with Crippen LogP contribution in [0.1, 0.15) is 63.6 Å². The van der Waals surface area contributed by atoms with Crippen LogP contribution in [0.15, 0.2) is 84.9 Å². The molecule has 2 heterocycles. The Kier molecular flexibility index (Phi) is 14.3. The van der Waals surface area contributed by atoms with E-state index in [0.29, 0.717) is 59.3 Å². The summed E-state index contributed by atoms with van der Waals surface area (Å²) in [5.74, 6) is 1.50. The predicted octanol–water partition coefficient (Wildman–Crippen LogP) is 8.55. The number of piperidine rings is 1. The van der Waals surface area contributed by atoms with E-state index < -0.39 is 11.4 Å². The number of fused-ring (bicyclic) bond motifs is 1. The van der Waals surface area contributed by atoms with Gasteiger partial charge in [0.15, 0.2) is 5.79 Å². The number of amides is 1. The minimum Gasteiger partial charge on any atom is -0.496 e. The lowest BCUT2D eigenvalue weighted by Crippen LogP contribution is -2.53. The van der Waals surface area contributed by atoms with E-state index in [-0.39, 0.29) is 30.1 Å². The number of carbonyl (C=O) groups excluding carboxylic acids is 1. The molecule has 0 radical (unpaired) electrons. The molecule has 6 rings (SSSR count). The van der Waals surface area contributed by atoms with E-state index in [1.165, 1.54) is 0 Å². The fourth-order valence-corrected chi connectivity index (χ4v) is 7.51. The summed E-state index contributed by atoms with van der Waals surface area (Å²) in [6, 6.07) is 28.3. The highest BCUT2D eigenvalue weighted by Gasteiger charge is 2.42. The molecule has 2 fully saturated rings. The number of methoxy groups -OCH3 is 2. The summed E-state index contributed by atoms with van der Waals surface area (Å²) >= 11 is 0. The number of rotatable bonds is 17. The maximum Gasteiger partial charge on any atom is 0.410 e. The lowest BCUT2D eigenvalue weighted by atomic mass is 9.78. The van der Waals surface area contributed by atoms with Crippen LogP contribution in [0.5, 0.6) is 17.2 Å². The van der Waals surface area contributed by atoms with Crippen LogP contribution in [0.25, 0.3) is 10.8 Å². The fraction of sp³-hybridized carbons (Fsp3) is 0.500. The minimum atomic E-state index is -0.651. The maximum atomic E-state index is 13.6. The molecule has 0 N–H and O–H groups in total. The van der Waals surface area contributed by atoms with Gasteiger partial charge in [-0.1, -0.05) is 54.6 Å². The molecule has 2 saturated heterocycles. The zero-order chi connectivity index (χ0) is 40.4. The van der Waals surface area contributed by atoms with Crippen LogP contribution in [0.3, 0.4) is 0 Å². The molecule has 0 aromatic heterocycles. The van der Waals surface area contributed by atoms with E-state index in [9.17, 15) is 4.79 Å². The summed E-state index contributed by atoms with van der Waals surface area (Å²) in [5, 5.41) is 2.10. The van der Waals surface area contributed by atoms with E-state index in [4.69, 9.17) is 42.6 Å². The van der Waals surface area contributed by atoms with Crippen molar-refractivity contribution >= 4 is 16.9 Å². The third-order valence-electron chi connectivity index (χ3n) is 10.1. The highest BCUT2D eigenvalue weighted by Crippen LogP contribution is 2.38. The lowest BCUT2D eigenvalue weighted by molar-refractivity contribution is -0.146. The number of hydrogen-bond donors (Lipinski definition) is 0. The van der Waals surface area contributed by atoms with Crippen LogP contribution in [0.4, 0.5) is 4.79 Å². The van der Waals surface area contributed by atoms with Crippen LogP contribution in [0.2, 0.25) is 0 Å². The van der Waals surface area contributed by atoms with Crippen LogP contribution in [-0.2, 0) is 41.6 Å². The molecule has 308 valence electrons. The molecule has 0 unspecified atom stereocenters. The second-order valence-corrected chi connectivity index (χ2v) is 16.2. The van der Waals surface area contributed by atoms with Crippen molar-refractivity contribution in [1.82, 2.24) is 4.90 Å². The Bertz CT molecular complexity index is 1890. The normalized spacial score (nSPS) is 20.7. The molecule has 0 saturated carbocycles. The Balaban J connectivity index is 1.18. The summed E-state index contributed by atoms with van der Waals surface area (Å²) in [6.45, 7) is 13.3. The van der Waals surface area contributed by atoms with E-state index in [1.54, 1.807) is 19.1 Å². The van der Waals surface area contributed by atoms with Crippen molar-refractivity contribution in [3.8, 4) is 17.2 Å². The Morgan fingerprint density at radius 3 is 2.33 bits per heavy atom. The van der Waals surface area contributed by atoms with Crippen LogP contribution in [-0.4, -0.2) is 94.9 Å². The van der Waals surface area contributed by atoms with E-state index >= 15 is 0 Å². The summed E-state index contributed by atoms with van der Waals surface area (Å²) < 4.78 is 54.1. The van der Waals surface area contributed by atoms with Crippen LogP contribution in [0, 0.1) is 5.92 Å².